The number of aryl methyl sites for hydroxylation is 1. The van der Waals surface area contributed by atoms with E-state index in [4.69, 9.17) is 4.74 Å². The highest BCUT2D eigenvalue weighted by Crippen LogP contribution is 2.26. The summed E-state index contributed by atoms with van der Waals surface area (Å²) in [6.45, 7) is 5.04. The second kappa shape index (κ2) is 12.2. The van der Waals surface area contributed by atoms with Crippen LogP contribution in [0, 0.1) is 5.82 Å². The van der Waals surface area contributed by atoms with Crippen LogP contribution in [-0.4, -0.2) is 11.6 Å². The van der Waals surface area contributed by atoms with E-state index in [0.29, 0.717) is 11.3 Å². The van der Waals surface area contributed by atoms with Gasteiger partial charge in [-0.1, -0.05) is 70.2 Å². The molecule has 0 amide bonds. The first-order chi connectivity index (χ1) is 15.2. The maximum Gasteiger partial charge on any atom is 0.132 e. The minimum absolute atomic E-state index is 0.193. The van der Waals surface area contributed by atoms with Gasteiger partial charge in [-0.05, 0) is 60.7 Å². The van der Waals surface area contributed by atoms with E-state index in [9.17, 15) is 4.39 Å². The Morgan fingerprint density at radius 3 is 2.19 bits per heavy atom. The Morgan fingerprint density at radius 2 is 1.52 bits per heavy atom. The van der Waals surface area contributed by atoms with Crippen LogP contribution >= 0.6 is 0 Å². The predicted octanol–water partition coefficient (Wildman–Crippen LogP) is 8.25. The van der Waals surface area contributed by atoms with Gasteiger partial charge < -0.3 is 4.74 Å². The fourth-order valence-electron chi connectivity index (χ4n) is 3.72. The van der Waals surface area contributed by atoms with Crippen LogP contribution in [0.5, 0.6) is 5.75 Å². The Balaban J connectivity index is 1.60. The molecule has 3 rings (SSSR count). The lowest BCUT2D eigenvalue weighted by atomic mass is 10.0. The van der Waals surface area contributed by atoms with Crippen LogP contribution in [0.15, 0.2) is 60.8 Å². The number of rotatable bonds is 12. The molecule has 0 aliphatic rings. The van der Waals surface area contributed by atoms with Crippen LogP contribution in [0.2, 0.25) is 0 Å². The zero-order valence-electron chi connectivity index (χ0n) is 18.9. The number of ether oxygens (including phenoxy) is 1. The molecule has 3 heteroatoms. The van der Waals surface area contributed by atoms with Crippen molar-refractivity contribution in [2.45, 2.75) is 65.2 Å². The molecule has 0 saturated heterocycles. The lowest BCUT2D eigenvalue weighted by Crippen LogP contribution is -1.94. The van der Waals surface area contributed by atoms with Gasteiger partial charge in [0.05, 0.1) is 12.3 Å². The Labute approximate surface area is 186 Å². The maximum absolute atomic E-state index is 14.7. The summed E-state index contributed by atoms with van der Waals surface area (Å²) in [5, 5.41) is 0. The fourth-order valence-corrected chi connectivity index (χ4v) is 3.72. The third-order valence-electron chi connectivity index (χ3n) is 5.55. The van der Waals surface area contributed by atoms with Gasteiger partial charge in [-0.25, -0.2) is 4.39 Å². The highest BCUT2D eigenvalue weighted by atomic mass is 19.1. The molecule has 2 aromatic carbocycles. The summed E-state index contributed by atoms with van der Waals surface area (Å²) in [4.78, 5) is 4.52. The lowest BCUT2D eigenvalue weighted by molar-refractivity contribution is 0.317. The van der Waals surface area contributed by atoms with Gasteiger partial charge in [0.15, 0.2) is 0 Å². The van der Waals surface area contributed by atoms with E-state index in [1.807, 2.05) is 48.5 Å². The van der Waals surface area contributed by atoms with E-state index in [0.717, 1.165) is 48.3 Å². The fraction of sp³-hybridized carbons (Fsp3) is 0.393. The number of pyridine rings is 1. The first-order valence-corrected chi connectivity index (χ1v) is 11.7. The van der Waals surface area contributed by atoms with Crippen LogP contribution < -0.4 is 4.74 Å². The van der Waals surface area contributed by atoms with Crippen LogP contribution in [0.1, 0.15) is 64.4 Å². The zero-order chi connectivity index (χ0) is 21.9. The second-order valence-corrected chi connectivity index (χ2v) is 8.14. The Hall–Kier alpha value is -2.68. The van der Waals surface area contributed by atoms with Crippen molar-refractivity contribution >= 4 is 0 Å². The van der Waals surface area contributed by atoms with Crippen LogP contribution in [0.25, 0.3) is 22.4 Å². The van der Waals surface area contributed by atoms with Crippen molar-refractivity contribution in [3.8, 4) is 28.1 Å². The summed E-state index contributed by atoms with van der Waals surface area (Å²) in [5.74, 6) is 0.680. The van der Waals surface area contributed by atoms with Crippen LogP contribution in [0.4, 0.5) is 4.39 Å². The van der Waals surface area contributed by atoms with Gasteiger partial charge in [-0.3, -0.25) is 4.98 Å². The second-order valence-electron chi connectivity index (χ2n) is 8.14. The normalized spacial score (nSPS) is 10.9. The van der Waals surface area contributed by atoms with Gasteiger partial charge >= 0.3 is 0 Å². The third-order valence-corrected chi connectivity index (χ3v) is 5.55. The minimum Gasteiger partial charge on any atom is -0.494 e. The summed E-state index contributed by atoms with van der Waals surface area (Å²) in [5.41, 5.74) is 4.36. The van der Waals surface area contributed by atoms with Gasteiger partial charge in [0.2, 0.25) is 0 Å². The molecule has 0 aliphatic heterocycles. The van der Waals surface area contributed by atoms with Crippen molar-refractivity contribution in [3.63, 3.8) is 0 Å². The molecule has 31 heavy (non-hydrogen) atoms. The molecule has 0 bridgehead atoms. The quantitative estimate of drug-likeness (QED) is 0.276. The Morgan fingerprint density at radius 1 is 0.774 bits per heavy atom. The molecule has 0 spiro atoms. The summed E-state index contributed by atoms with van der Waals surface area (Å²) in [6.07, 6.45) is 11.2. The van der Waals surface area contributed by atoms with E-state index in [-0.39, 0.29) is 5.82 Å². The van der Waals surface area contributed by atoms with Gasteiger partial charge in [-0.2, -0.15) is 0 Å². The average Bonchev–Trinajstić information content (AvgIpc) is 2.81. The van der Waals surface area contributed by atoms with E-state index in [1.165, 1.54) is 32.1 Å². The summed E-state index contributed by atoms with van der Waals surface area (Å²) in [7, 11) is 0. The zero-order valence-corrected chi connectivity index (χ0v) is 18.9. The Kier molecular flexibility index (Phi) is 9.08. The molecule has 2 nitrogen and oxygen atoms in total. The number of benzene rings is 2. The molecular formula is C28H34FNO. The van der Waals surface area contributed by atoms with Gasteiger partial charge in [0.1, 0.15) is 11.6 Å². The largest absolute Gasteiger partial charge is 0.494 e. The molecule has 0 aliphatic carbocycles. The SMILES string of the molecule is CCCCCCCCc1ccc(-c2ccc(-c3ccc(OCCC)cc3)cn2)c(F)c1. The van der Waals surface area contributed by atoms with Crippen molar-refractivity contribution in [1.29, 1.82) is 0 Å². The molecule has 1 heterocycles. The summed E-state index contributed by atoms with van der Waals surface area (Å²) >= 11 is 0. The Bertz CT molecular complexity index is 919. The third kappa shape index (κ3) is 6.92. The van der Waals surface area contributed by atoms with Gasteiger partial charge in [0.25, 0.3) is 0 Å². The number of hydrogen-bond donors (Lipinski definition) is 0. The molecule has 0 unspecified atom stereocenters. The van der Waals surface area contributed by atoms with Crippen molar-refractivity contribution in [2.24, 2.45) is 0 Å². The smallest absolute Gasteiger partial charge is 0.132 e. The van der Waals surface area contributed by atoms with Crippen molar-refractivity contribution < 1.29 is 9.13 Å². The van der Waals surface area contributed by atoms with Gasteiger partial charge in [-0.15, -0.1) is 0 Å². The number of hydrogen-bond acceptors (Lipinski definition) is 2. The summed E-state index contributed by atoms with van der Waals surface area (Å²) < 4.78 is 20.4. The number of unbranched alkanes of at least 4 members (excludes halogenated alkanes) is 5. The van der Waals surface area contributed by atoms with E-state index in [2.05, 4.69) is 18.8 Å². The standard InChI is InChI=1S/C28H34FNO/c1-3-5-6-7-8-9-10-22-11-17-26(27(29)20-22)28-18-14-24(21-30-28)23-12-15-25(16-13-23)31-19-4-2/h11-18,20-21H,3-10,19H2,1-2H3. The molecular weight excluding hydrogens is 385 g/mol. The monoisotopic (exact) mass is 419 g/mol. The molecule has 0 radical (unpaired) electrons. The van der Waals surface area contributed by atoms with E-state index < -0.39 is 0 Å². The van der Waals surface area contributed by atoms with E-state index in [1.54, 1.807) is 12.3 Å². The lowest BCUT2D eigenvalue weighted by Gasteiger charge is -2.08. The van der Waals surface area contributed by atoms with E-state index >= 15 is 0 Å². The van der Waals surface area contributed by atoms with Crippen LogP contribution in [-0.2, 0) is 6.42 Å². The average molecular weight is 420 g/mol. The number of aromatic nitrogens is 1. The molecule has 0 saturated carbocycles. The molecule has 0 N–H and O–H groups in total. The number of nitrogens with zero attached hydrogens (tertiary/aromatic N) is 1. The highest BCUT2D eigenvalue weighted by Gasteiger charge is 2.09. The first-order valence-electron chi connectivity index (χ1n) is 11.7. The van der Waals surface area contributed by atoms with Gasteiger partial charge in [0, 0.05) is 17.3 Å². The minimum atomic E-state index is -0.193. The molecule has 0 atom stereocenters. The highest BCUT2D eigenvalue weighted by molar-refractivity contribution is 5.67. The predicted molar refractivity (Wildman–Crippen MR) is 128 cm³/mol. The topological polar surface area (TPSA) is 22.1 Å². The molecule has 3 aromatic rings. The molecule has 1 aromatic heterocycles. The first kappa shape index (κ1) is 23.0. The summed E-state index contributed by atoms with van der Waals surface area (Å²) in [6, 6.07) is 17.5. The molecule has 0 fully saturated rings. The van der Waals surface area contributed by atoms with Crippen molar-refractivity contribution in [1.82, 2.24) is 4.98 Å². The van der Waals surface area contributed by atoms with Crippen molar-refractivity contribution in [3.05, 3.63) is 72.2 Å². The molecule has 164 valence electrons. The maximum atomic E-state index is 14.7. The van der Waals surface area contributed by atoms with Crippen molar-refractivity contribution in [2.75, 3.05) is 6.61 Å². The van der Waals surface area contributed by atoms with Crippen LogP contribution in [0.3, 0.4) is 0 Å². The number of halogens is 1.